The first-order chi connectivity index (χ1) is 11.7. The molecule has 1 aromatic heterocycles. The standard InChI is InChI=1S/C17H17FN4OS2/c1-17(10-25(3,23)22(2)16(20)21-17)15-7-13(9-24-15)11-4-5-14(18)12(6-11)8-19/h4-7,9H,3,10H2,1-2H3,(H2,20,21)/t17-,25?/m0/s1. The van der Waals surface area contributed by atoms with Crippen LogP contribution < -0.4 is 5.73 Å². The molecule has 0 bridgehead atoms. The molecule has 0 saturated carbocycles. The molecule has 1 unspecified atom stereocenters. The highest BCUT2D eigenvalue weighted by molar-refractivity contribution is 7.98. The molecule has 1 aromatic carbocycles. The van der Waals surface area contributed by atoms with Crippen LogP contribution in [0.3, 0.4) is 0 Å². The quantitative estimate of drug-likeness (QED) is 0.818. The number of nitrogens with two attached hydrogens (primary N) is 1. The highest BCUT2D eigenvalue weighted by Gasteiger charge is 2.38. The summed E-state index contributed by atoms with van der Waals surface area (Å²) in [5.74, 6) is 3.70. The molecule has 2 N–H and O–H groups in total. The van der Waals surface area contributed by atoms with Crippen LogP contribution in [0.2, 0.25) is 0 Å². The van der Waals surface area contributed by atoms with Crippen LogP contribution in [0.25, 0.3) is 11.1 Å². The first-order valence-corrected chi connectivity index (χ1v) is 10.1. The van der Waals surface area contributed by atoms with Gasteiger partial charge in [0.05, 0.1) is 21.0 Å². The predicted molar refractivity (Wildman–Crippen MR) is 101 cm³/mol. The molecule has 0 aliphatic carbocycles. The van der Waals surface area contributed by atoms with Crippen LogP contribution in [0.4, 0.5) is 4.39 Å². The maximum atomic E-state index is 13.5. The van der Waals surface area contributed by atoms with Crippen molar-refractivity contribution < 1.29 is 8.60 Å². The van der Waals surface area contributed by atoms with Crippen molar-refractivity contribution in [3.63, 3.8) is 0 Å². The van der Waals surface area contributed by atoms with Crippen molar-refractivity contribution in [2.45, 2.75) is 12.5 Å². The lowest BCUT2D eigenvalue weighted by molar-refractivity contribution is 0.522. The van der Waals surface area contributed by atoms with Crippen LogP contribution in [0.15, 0.2) is 34.6 Å². The van der Waals surface area contributed by atoms with Crippen molar-refractivity contribution in [2.24, 2.45) is 10.7 Å². The van der Waals surface area contributed by atoms with Gasteiger partial charge in [-0.1, -0.05) is 6.07 Å². The number of hydrogen-bond acceptors (Lipinski definition) is 5. The van der Waals surface area contributed by atoms with E-state index in [2.05, 4.69) is 10.9 Å². The van der Waals surface area contributed by atoms with E-state index < -0.39 is 21.1 Å². The summed E-state index contributed by atoms with van der Waals surface area (Å²) >= 11 is 1.46. The number of benzene rings is 1. The zero-order valence-electron chi connectivity index (χ0n) is 13.8. The van der Waals surface area contributed by atoms with E-state index >= 15 is 0 Å². The maximum absolute atomic E-state index is 13.5. The zero-order valence-corrected chi connectivity index (χ0v) is 15.5. The number of halogens is 1. The van der Waals surface area contributed by atoms with E-state index in [-0.39, 0.29) is 17.3 Å². The van der Waals surface area contributed by atoms with Crippen molar-refractivity contribution in [3.8, 4) is 17.2 Å². The van der Waals surface area contributed by atoms with Crippen LogP contribution in [-0.2, 0) is 15.2 Å². The second-order valence-electron chi connectivity index (χ2n) is 6.16. The normalized spacial score (nSPS) is 26.2. The van der Waals surface area contributed by atoms with Gasteiger partial charge in [0.15, 0.2) is 0 Å². The maximum Gasteiger partial charge on any atom is 0.203 e. The van der Waals surface area contributed by atoms with Gasteiger partial charge in [0.25, 0.3) is 0 Å². The average Bonchev–Trinajstić information content (AvgIpc) is 3.03. The summed E-state index contributed by atoms with van der Waals surface area (Å²) in [7, 11) is -0.926. The summed E-state index contributed by atoms with van der Waals surface area (Å²) in [6.45, 7) is 1.87. The first kappa shape index (κ1) is 17.5. The van der Waals surface area contributed by atoms with E-state index in [4.69, 9.17) is 11.0 Å². The van der Waals surface area contributed by atoms with E-state index in [1.807, 2.05) is 24.4 Å². The molecule has 25 heavy (non-hydrogen) atoms. The fourth-order valence-corrected chi connectivity index (χ4v) is 5.54. The van der Waals surface area contributed by atoms with Crippen molar-refractivity contribution in [2.75, 3.05) is 12.8 Å². The van der Waals surface area contributed by atoms with E-state index in [0.717, 1.165) is 16.0 Å². The monoisotopic (exact) mass is 376 g/mol. The number of rotatable bonds is 2. The summed E-state index contributed by atoms with van der Waals surface area (Å²) < 4.78 is 27.6. The van der Waals surface area contributed by atoms with Gasteiger partial charge in [0, 0.05) is 11.9 Å². The summed E-state index contributed by atoms with van der Waals surface area (Å²) in [5, 5.41) is 10.9. The fourth-order valence-electron chi connectivity index (χ4n) is 2.75. The largest absolute Gasteiger partial charge is 0.369 e. The van der Waals surface area contributed by atoms with Crippen LogP contribution >= 0.6 is 11.3 Å². The molecule has 2 aromatic rings. The Kier molecular flexibility index (Phi) is 4.09. The minimum atomic E-state index is -2.55. The molecule has 8 heteroatoms. The Morgan fingerprint density at radius 3 is 2.84 bits per heavy atom. The average molecular weight is 376 g/mol. The fraction of sp³-hybridized carbons (Fsp3) is 0.235. The van der Waals surface area contributed by atoms with E-state index in [0.29, 0.717) is 0 Å². The van der Waals surface area contributed by atoms with Crippen LogP contribution in [-0.4, -0.2) is 33.1 Å². The minimum absolute atomic E-state index is 0.00111. The minimum Gasteiger partial charge on any atom is -0.369 e. The van der Waals surface area contributed by atoms with Crippen LogP contribution in [0, 0.1) is 17.1 Å². The number of nitriles is 1. The molecular weight excluding hydrogens is 359 g/mol. The van der Waals surface area contributed by atoms with Gasteiger partial charge in [-0.2, -0.15) is 5.26 Å². The Morgan fingerprint density at radius 2 is 2.20 bits per heavy atom. The molecular formula is C17H17FN4OS2. The Bertz CT molecular complexity index is 1020. The van der Waals surface area contributed by atoms with Gasteiger partial charge in [-0.05, 0) is 47.5 Å². The number of hydrogen-bond donors (Lipinski definition) is 1. The molecule has 0 saturated heterocycles. The Labute approximate surface area is 150 Å². The summed E-state index contributed by atoms with van der Waals surface area (Å²) in [6, 6.07) is 8.18. The molecule has 1 aliphatic rings. The molecule has 0 radical (unpaired) electrons. The first-order valence-electron chi connectivity index (χ1n) is 7.39. The smallest absolute Gasteiger partial charge is 0.203 e. The lowest BCUT2D eigenvalue weighted by Crippen LogP contribution is -2.50. The van der Waals surface area contributed by atoms with Crippen LogP contribution in [0.5, 0.6) is 0 Å². The summed E-state index contributed by atoms with van der Waals surface area (Å²) in [4.78, 5) is 5.40. The molecule has 2 atom stereocenters. The van der Waals surface area contributed by atoms with E-state index in [9.17, 15) is 8.60 Å². The zero-order chi connectivity index (χ0) is 18.4. The second-order valence-corrected chi connectivity index (χ2v) is 9.46. The SMILES string of the molecule is C=S1(=O)C[C@@](C)(c2cc(-c3ccc(F)c(C#N)c3)cs2)N=C(N)N1C. The van der Waals surface area contributed by atoms with Crippen molar-refractivity contribution in [1.82, 2.24) is 4.31 Å². The highest BCUT2D eigenvalue weighted by Crippen LogP contribution is 2.38. The van der Waals surface area contributed by atoms with Gasteiger partial charge in [0.1, 0.15) is 17.4 Å². The van der Waals surface area contributed by atoms with Gasteiger partial charge in [-0.3, -0.25) is 4.31 Å². The molecule has 0 fully saturated rings. The van der Waals surface area contributed by atoms with E-state index in [1.165, 1.54) is 27.8 Å². The topological polar surface area (TPSA) is 82.5 Å². The second kappa shape index (κ2) is 5.86. The third-order valence-corrected chi connectivity index (χ3v) is 7.62. The Morgan fingerprint density at radius 1 is 1.48 bits per heavy atom. The number of guanidine groups is 1. The molecule has 130 valence electrons. The van der Waals surface area contributed by atoms with Gasteiger partial charge in [-0.25, -0.2) is 13.6 Å². The van der Waals surface area contributed by atoms with Gasteiger partial charge < -0.3 is 5.73 Å². The molecule has 0 amide bonds. The molecule has 3 rings (SSSR count). The molecule has 1 aliphatic heterocycles. The van der Waals surface area contributed by atoms with Crippen molar-refractivity contribution in [3.05, 3.63) is 45.9 Å². The van der Waals surface area contributed by atoms with Gasteiger partial charge in [-0.15, -0.1) is 11.3 Å². The summed E-state index contributed by atoms with van der Waals surface area (Å²) in [5.41, 5.74) is 6.77. The number of aliphatic imine (C=N–C) groups is 1. The Hall–Kier alpha value is -2.37. The lowest BCUT2D eigenvalue weighted by atomic mass is 10.0. The molecule has 0 spiro atoms. The third-order valence-electron chi connectivity index (χ3n) is 4.24. The van der Waals surface area contributed by atoms with Gasteiger partial charge in [0.2, 0.25) is 5.96 Å². The molecule has 5 nitrogen and oxygen atoms in total. The van der Waals surface area contributed by atoms with Crippen LogP contribution in [0.1, 0.15) is 17.4 Å². The lowest BCUT2D eigenvalue weighted by Gasteiger charge is -2.36. The summed E-state index contributed by atoms with van der Waals surface area (Å²) in [6.07, 6.45) is 0. The molecule has 2 heterocycles. The predicted octanol–water partition coefficient (Wildman–Crippen LogP) is 2.53. The van der Waals surface area contributed by atoms with Crippen molar-refractivity contribution >= 4 is 32.9 Å². The number of nitrogens with zero attached hydrogens (tertiary/aromatic N) is 3. The Balaban J connectivity index is 2.04. The van der Waals surface area contributed by atoms with E-state index in [1.54, 1.807) is 13.1 Å². The van der Waals surface area contributed by atoms with Crippen molar-refractivity contribution in [1.29, 1.82) is 5.26 Å². The third kappa shape index (κ3) is 3.01. The van der Waals surface area contributed by atoms with Gasteiger partial charge >= 0.3 is 0 Å². The number of thiophene rings is 1. The highest BCUT2D eigenvalue weighted by atomic mass is 32.2.